The molecule has 2 aromatic rings. The molecule has 0 aliphatic carbocycles. The summed E-state index contributed by atoms with van der Waals surface area (Å²) >= 11 is 0. The van der Waals surface area contributed by atoms with Crippen molar-refractivity contribution < 1.29 is 13.9 Å². The van der Waals surface area contributed by atoms with E-state index in [0.717, 1.165) is 18.8 Å². The molecule has 122 valence electrons. The minimum absolute atomic E-state index is 0.0227. The number of nitrogens with one attached hydrogen (secondary N) is 1. The molecule has 5 heteroatoms. The molecule has 1 amide bonds. The predicted octanol–water partition coefficient (Wildman–Crippen LogP) is 2.61. The maximum Gasteiger partial charge on any atom is 0.258 e. The van der Waals surface area contributed by atoms with Crippen LogP contribution in [-0.2, 0) is 4.79 Å². The minimum Gasteiger partial charge on any atom is -0.484 e. The molecule has 1 aliphatic heterocycles. The molecule has 0 unspecified atom stereocenters. The summed E-state index contributed by atoms with van der Waals surface area (Å²) in [5.41, 5.74) is 0. The Balaban J connectivity index is 1.51. The van der Waals surface area contributed by atoms with Crippen molar-refractivity contribution in [3.63, 3.8) is 0 Å². The van der Waals surface area contributed by atoms with E-state index in [2.05, 4.69) is 10.2 Å². The Bertz CT molecular complexity index is 592. The zero-order valence-corrected chi connectivity index (χ0v) is 13.1. The van der Waals surface area contributed by atoms with E-state index < -0.39 is 0 Å². The standard InChI is InChI=1S/C18H22N2O3/c21-18(14-23-15-7-2-1-3-8-15)19-13-16(17-9-6-12-22-17)20-10-4-5-11-20/h1-3,6-9,12,16H,4-5,10-11,13-14H2,(H,19,21)/t16-/m1/s1. The Kier molecular flexibility index (Phi) is 5.32. The molecule has 1 atom stereocenters. The molecule has 3 rings (SSSR count). The number of likely N-dealkylation sites (tertiary alicyclic amines) is 1. The first-order valence-corrected chi connectivity index (χ1v) is 8.05. The van der Waals surface area contributed by atoms with Crippen molar-refractivity contribution in [2.24, 2.45) is 0 Å². The van der Waals surface area contributed by atoms with Crippen LogP contribution in [0.1, 0.15) is 24.6 Å². The molecule has 1 aromatic carbocycles. The summed E-state index contributed by atoms with van der Waals surface area (Å²) in [6.45, 7) is 2.64. The molecule has 0 saturated carbocycles. The largest absolute Gasteiger partial charge is 0.484 e. The smallest absolute Gasteiger partial charge is 0.258 e. The van der Waals surface area contributed by atoms with Gasteiger partial charge in [0.25, 0.3) is 5.91 Å². The van der Waals surface area contributed by atoms with E-state index in [1.807, 2.05) is 42.5 Å². The lowest BCUT2D eigenvalue weighted by molar-refractivity contribution is -0.123. The molecule has 0 bridgehead atoms. The van der Waals surface area contributed by atoms with Gasteiger partial charge in [0.2, 0.25) is 0 Å². The van der Waals surface area contributed by atoms with Gasteiger partial charge in [0.1, 0.15) is 11.5 Å². The molecule has 1 fully saturated rings. The number of hydrogen-bond acceptors (Lipinski definition) is 4. The molecule has 1 saturated heterocycles. The van der Waals surface area contributed by atoms with Crippen molar-refractivity contribution in [1.29, 1.82) is 0 Å². The number of furan rings is 1. The summed E-state index contributed by atoms with van der Waals surface area (Å²) in [5, 5.41) is 2.95. The maximum atomic E-state index is 12.0. The van der Waals surface area contributed by atoms with E-state index in [1.54, 1.807) is 6.26 Å². The Morgan fingerprint density at radius 2 is 1.96 bits per heavy atom. The number of carbonyl (C=O) groups is 1. The van der Waals surface area contributed by atoms with Crippen molar-refractivity contribution in [2.45, 2.75) is 18.9 Å². The van der Waals surface area contributed by atoms with E-state index in [0.29, 0.717) is 12.3 Å². The van der Waals surface area contributed by atoms with Gasteiger partial charge in [-0.2, -0.15) is 0 Å². The number of hydrogen-bond donors (Lipinski definition) is 1. The van der Waals surface area contributed by atoms with E-state index in [9.17, 15) is 4.79 Å². The van der Waals surface area contributed by atoms with Crippen LogP contribution in [0.25, 0.3) is 0 Å². The third kappa shape index (κ3) is 4.36. The SMILES string of the molecule is O=C(COc1ccccc1)NC[C@H](c1ccco1)N1CCCC1. The molecule has 1 aromatic heterocycles. The normalized spacial score (nSPS) is 16.2. The number of carbonyl (C=O) groups excluding carboxylic acids is 1. The second-order valence-corrected chi connectivity index (χ2v) is 5.68. The summed E-state index contributed by atoms with van der Waals surface area (Å²) in [7, 11) is 0. The molecule has 1 N–H and O–H groups in total. The lowest BCUT2D eigenvalue weighted by atomic mass is 10.2. The van der Waals surface area contributed by atoms with Gasteiger partial charge in [0, 0.05) is 6.54 Å². The van der Waals surface area contributed by atoms with Gasteiger partial charge in [0.15, 0.2) is 6.61 Å². The first-order chi connectivity index (χ1) is 11.3. The molecule has 2 heterocycles. The predicted molar refractivity (Wildman–Crippen MR) is 87.2 cm³/mol. The van der Waals surface area contributed by atoms with Crippen molar-refractivity contribution >= 4 is 5.91 Å². The van der Waals surface area contributed by atoms with Gasteiger partial charge in [-0.3, -0.25) is 9.69 Å². The summed E-state index contributed by atoms with van der Waals surface area (Å²) in [4.78, 5) is 14.4. The van der Waals surface area contributed by atoms with E-state index in [-0.39, 0.29) is 18.6 Å². The Morgan fingerprint density at radius 3 is 2.65 bits per heavy atom. The molecular formula is C18H22N2O3. The summed E-state index contributed by atoms with van der Waals surface area (Å²) in [5.74, 6) is 1.48. The number of ether oxygens (including phenoxy) is 1. The zero-order chi connectivity index (χ0) is 15.9. The number of amides is 1. The van der Waals surface area contributed by atoms with Crippen LogP contribution in [0.15, 0.2) is 53.1 Å². The topological polar surface area (TPSA) is 54.7 Å². The third-order valence-corrected chi connectivity index (χ3v) is 4.06. The van der Waals surface area contributed by atoms with Gasteiger partial charge in [0.05, 0.1) is 12.3 Å². The van der Waals surface area contributed by atoms with Crippen LogP contribution in [0, 0.1) is 0 Å². The minimum atomic E-state index is -0.121. The maximum absolute atomic E-state index is 12.0. The number of rotatable bonds is 7. The number of nitrogens with zero attached hydrogens (tertiary/aromatic N) is 1. The van der Waals surface area contributed by atoms with E-state index >= 15 is 0 Å². The first kappa shape index (κ1) is 15.6. The number of para-hydroxylation sites is 1. The molecule has 1 aliphatic rings. The Hall–Kier alpha value is -2.27. The van der Waals surface area contributed by atoms with Crippen LogP contribution in [0.2, 0.25) is 0 Å². The lowest BCUT2D eigenvalue weighted by Crippen LogP contribution is -2.38. The fraction of sp³-hybridized carbons (Fsp3) is 0.389. The highest BCUT2D eigenvalue weighted by Gasteiger charge is 2.25. The van der Waals surface area contributed by atoms with E-state index in [1.165, 1.54) is 12.8 Å². The molecular weight excluding hydrogens is 292 g/mol. The zero-order valence-electron chi connectivity index (χ0n) is 13.1. The van der Waals surface area contributed by atoms with Gasteiger partial charge in [-0.25, -0.2) is 0 Å². The second-order valence-electron chi connectivity index (χ2n) is 5.68. The van der Waals surface area contributed by atoms with Crippen LogP contribution in [0.5, 0.6) is 5.75 Å². The molecule has 23 heavy (non-hydrogen) atoms. The summed E-state index contributed by atoms with van der Waals surface area (Å²) in [6.07, 6.45) is 4.07. The molecule has 5 nitrogen and oxygen atoms in total. The first-order valence-electron chi connectivity index (χ1n) is 8.05. The fourth-order valence-corrected chi connectivity index (χ4v) is 2.87. The van der Waals surface area contributed by atoms with Gasteiger partial charge < -0.3 is 14.5 Å². The average molecular weight is 314 g/mol. The van der Waals surface area contributed by atoms with Gasteiger partial charge in [-0.15, -0.1) is 0 Å². The molecule has 0 spiro atoms. The van der Waals surface area contributed by atoms with Crippen LogP contribution < -0.4 is 10.1 Å². The van der Waals surface area contributed by atoms with Crippen LogP contribution in [-0.4, -0.2) is 37.0 Å². The van der Waals surface area contributed by atoms with E-state index in [4.69, 9.17) is 9.15 Å². The molecule has 0 radical (unpaired) electrons. The monoisotopic (exact) mass is 314 g/mol. The summed E-state index contributed by atoms with van der Waals surface area (Å²) in [6, 6.07) is 13.3. The summed E-state index contributed by atoms with van der Waals surface area (Å²) < 4.78 is 11.0. The third-order valence-electron chi connectivity index (χ3n) is 4.06. The fourth-order valence-electron chi connectivity index (χ4n) is 2.87. The van der Waals surface area contributed by atoms with Gasteiger partial charge in [-0.05, 0) is 50.2 Å². The van der Waals surface area contributed by atoms with Crippen molar-refractivity contribution in [3.8, 4) is 5.75 Å². The number of benzene rings is 1. The van der Waals surface area contributed by atoms with Crippen molar-refractivity contribution in [2.75, 3.05) is 26.2 Å². The van der Waals surface area contributed by atoms with Crippen LogP contribution in [0.3, 0.4) is 0 Å². The van der Waals surface area contributed by atoms with Crippen LogP contribution >= 0.6 is 0 Å². The average Bonchev–Trinajstić information content (AvgIpc) is 3.28. The van der Waals surface area contributed by atoms with Gasteiger partial charge >= 0.3 is 0 Å². The van der Waals surface area contributed by atoms with Crippen molar-refractivity contribution in [1.82, 2.24) is 10.2 Å². The highest BCUT2D eigenvalue weighted by Crippen LogP contribution is 2.24. The van der Waals surface area contributed by atoms with Crippen LogP contribution in [0.4, 0.5) is 0 Å². The van der Waals surface area contributed by atoms with Gasteiger partial charge in [-0.1, -0.05) is 18.2 Å². The highest BCUT2D eigenvalue weighted by molar-refractivity contribution is 5.77. The lowest BCUT2D eigenvalue weighted by Gasteiger charge is -2.26. The Labute approximate surface area is 136 Å². The highest BCUT2D eigenvalue weighted by atomic mass is 16.5. The second kappa shape index (κ2) is 7.83. The van der Waals surface area contributed by atoms with Crippen molar-refractivity contribution in [3.05, 3.63) is 54.5 Å². The quantitative estimate of drug-likeness (QED) is 0.853. The Morgan fingerprint density at radius 1 is 1.17 bits per heavy atom.